The molecule has 62 valence electrons. The van der Waals surface area contributed by atoms with Gasteiger partial charge in [0, 0.05) is 0 Å². The molecule has 2 rings (SSSR count). The zero-order valence-electron chi connectivity index (χ0n) is 6.69. The van der Waals surface area contributed by atoms with Crippen molar-refractivity contribution in [1.82, 2.24) is 0 Å². The van der Waals surface area contributed by atoms with Crippen molar-refractivity contribution in [2.75, 3.05) is 0 Å². The van der Waals surface area contributed by atoms with E-state index in [1.165, 1.54) is 0 Å². The van der Waals surface area contributed by atoms with E-state index in [1.54, 1.807) is 0 Å². The van der Waals surface area contributed by atoms with Gasteiger partial charge in [-0.1, -0.05) is 37.5 Å². The smallest absolute Gasteiger partial charge is 0.251 e. The van der Waals surface area contributed by atoms with Crippen LogP contribution in [0.3, 0.4) is 0 Å². The van der Waals surface area contributed by atoms with E-state index in [9.17, 15) is 0 Å². The van der Waals surface area contributed by atoms with Crippen molar-refractivity contribution in [2.45, 2.75) is 6.29 Å². The maximum atomic E-state index is 5.34. The molecule has 0 aromatic carbocycles. The summed E-state index contributed by atoms with van der Waals surface area (Å²) in [7, 11) is 0. The second-order valence-electron chi connectivity index (χ2n) is 2.80. The summed E-state index contributed by atoms with van der Waals surface area (Å²) in [6.07, 6.45) is 7.73. The summed E-state index contributed by atoms with van der Waals surface area (Å²) in [5.74, 6) is 1.27. The number of rotatable bonds is 1. The Morgan fingerprint density at radius 3 is 2.00 bits per heavy atom. The highest BCUT2D eigenvalue weighted by Crippen LogP contribution is 2.30. The Bertz CT molecular complexity index is 258. The lowest BCUT2D eigenvalue weighted by atomic mass is 10.2. The second-order valence-corrected chi connectivity index (χ2v) is 2.80. The summed E-state index contributed by atoms with van der Waals surface area (Å²) in [5, 5.41) is 0. The molecule has 0 aromatic heterocycles. The van der Waals surface area contributed by atoms with Crippen LogP contribution in [-0.2, 0) is 9.47 Å². The first-order valence-electron chi connectivity index (χ1n) is 3.84. The van der Waals surface area contributed by atoms with Crippen LogP contribution in [0.15, 0.2) is 49.0 Å². The summed E-state index contributed by atoms with van der Waals surface area (Å²) in [6.45, 7) is 7.32. The Labute approximate surface area is 71.5 Å². The van der Waals surface area contributed by atoms with Gasteiger partial charge in [0.25, 0.3) is 6.29 Å². The predicted octanol–water partition coefficient (Wildman–Crippen LogP) is 2.13. The number of hydrogen-bond donors (Lipinski definition) is 0. The Balaban J connectivity index is 2.08. The molecule has 2 heteroatoms. The van der Waals surface area contributed by atoms with Crippen molar-refractivity contribution in [2.24, 2.45) is 5.92 Å². The highest BCUT2D eigenvalue weighted by molar-refractivity contribution is 5.22. The van der Waals surface area contributed by atoms with Crippen molar-refractivity contribution in [1.29, 1.82) is 0 Å². The van der Waals surface area contributed by atoms with E-state index in [0.717, 1.165) is 0 Å². The molecule has 0 unspecified atom stereocenters. The van der Waals surface area contributed by atoms with Crippen LogP contribution in [0.4, 0.5) is 0 Å². The Hall–Kier alpha value is -1.44. The van der Waals surface area contributed by atoms with Gasteiger partial charge in [-0.2, -0.15) is 0 Å². The van der Waals surface area contributed by atoms with Crippen molar-refractivity contribution < 1.29 is 9.47 Å². The Morgan fingerprint density at radius 1 is 1.00 bits per heavy atom. The fraction of sp³-hybridized carbons (Fsp3) is 0.200. The van der Waals surface area contributed by atoms with E-state index in [2.05, 4.69) is 13.2 Å². The number of hydrogen-bond acceptors (Lipinski definition) is 2. The summed E-state index contributed by atoms with van der Waals surface area (Å²) in [6, 6.07) is 0. The van der Waals surface area contributed by atoms with Gasteiger partial charge in [-0.15, -0.1) is 0 Å². The Kier molecular flexibility index (Phi) is 1.54. The van der Waals surface area contributed by atoms with Crippen LogP contribution in [0.25, 0.3) is 0 Å². The van der Waals surface area contributed by atoms with Crippen molar-refractivity contribution in [3.05, 3.63) is 49.0 Å². The van der Waals surface area contributed by atoms with Gasteiger partial charge in [0.15, 0.2) is 11.5 Å². The van der Waals surface area contributed by atoms with Gasteiger partial charge in [0.2, 0.25) is 0 Å². The lowest BCUT2D eigenvalue weighted by Gasteiger charge is -2.12. The average Bonchev–Trinajstić information content (AvgIpc) is 2.61. The molecule has 0 saturated carbocycles. The van der Waals surface area contributed by atoms with Crippen LogP contribution in [0.1, 0.15) is 0 Å². The molecule has 1 saturated heterocycles. The summed E-state index contributed by atoms with van der Waals surface area (Å²) < 4.78 is 10.7. The monoisotopic (exact) mass is 162 g/mol. The molecule has 2 aliphatic rings. The van der Waals surface area contributed by atoms with E-state index >= 15 is 0 Å². The first kappa shape index (κ1) is 7.22. The normalized spacial score (nSPS) is 23.3. The predicted molar refractivity (Wildman–Crippen MR) is 46.0 cm³/mol. The van der Waals surface area contributed by atoms with Crippen molar-refractivity contribution >= 4 is 0 Å². The largest absolute Gasteiger partial charge is 0.451 e. The first-order valence-corrected chi connectivity index (χ1v) is 3.84. The van der Waals surface area contributed by atoms with Gasteiger partial charge in [-0.05, 0) is 0 Å². The number of allylic oxidation sites excluding steroid dienone is 2. The molecule has 2 nitrogen and oxygen atoms in total. The minimum atomic E-state index is -0.264. The lowest BCUT2D eigenvalue weighted by molar-refractivity contribution is -0.0348. The SMILES string of the molecule is C=C1OC(C2C=CC=C2)OC1=C. The molecule has 0 spiro atoms. The zero-order chi connectivity index (χ0) is 8.55. The molecular formula is C10H10O2. The lowest BCUT2D eigenvalue weighted by Crippen LogP contribution is -2.15. The molecule has 0 N–H and O–H groups in total. The molecular weight excluding hydrogens is 152 g/mol. The maximum absolute atomic E-state index is 5.34. The fourth-order valence-corrected chi connectivity index (χ4v) is 1.22. The Morgan fingerprint density at radius 2 is 1.50 bits per heavy atom. The van der Waals surface area contributed by atoms with Crippen LogP contribution in [0.5, 0.6) is 0 Å². The van der Waals surface area contributed by atoms with E-state index < -0.39 is 0 Å². The molecule has 1 aliphatic heterocycles. The molecule has 1 aliphatic carbocycles. The molecule has 12 heavy (non-hydrogen) atoms. The van der Waals surface area contributed by atoms with Crippen LogP contribution >= 0.6 is 0 Å². The van der Waals surface area contributed by atoms with Crippen LogP contribution < -0.4 is 0 Å². The quantitative estimate of drug-likeness (QED) is 0.588. The van der Waals surface area contributed by atoms with E-state index in [1.807, 2.05) is 24.3 Å². The standard InChI is InChI=1S/C10H10O2/c1-7-8(2)12-10(11-7)9-5-3-4-6-9/h3-6,9-10H,1-2H2. The molecule has 1 heterocycles. The molecule has 0 bridgehead atoms. The minimum absolute atomic E-state index is 0.195. The van der Waals surface area contributed by atoms with E-state index in [4.69, 9.17) is 9.47 Å². The molecule has 0 amide bonds. The van der Waals surface area contributed by atoms with Gasteiger partial charge >= 0.3 is 0 Å². The van der Waals surface area contributed by atoms with Gasteiger partial charge in [-0.3, -0.25) is 0 Å². The third kappa shape index (κ3) is 1.05. The van der Waals surface area contributed by atoms with Crippen LogP contribution in [0, 0.1) is 5.92 Å². The summed E-state index contributed by atoms with van der Waals surface area (Å²) in [4.78, 5) is 0. The van der Waals surface area contributed by atoms with Gasteiger partial charge in [0.05, 0.1) is 5.92 Å². The zero-order valence-corrected chi connectivity index (χ0v) is 6.69. The number of ether oxygens (including phenoxy) is 2. The fourth-order valence-electron chi connectivity index (χ4n) is 1.22. The van der Waals surface area contributed by atoms with Crippen molar-refractivity contribution in [3.63, 3.8) is 0 Å². The average molecular weight is 162 g/mol. The molecule has 0 aromatic rings. The maximum Gasteiger partial charge on any atom is 0.251 e. The topological polar surface area (TPSA) is 18.5 Å². The van der Waals surface area contributed by atoms with E-state index in [0.29, 0.717) is 11.5 Å². The summed E-state index contributed by atoms with van der Waals surface area (Å²) in [5.41, 5.74) is 0. The molecule has 0 atom stereocenters. The van der Waals surface area contributed by atoms with Gasteiger partial charge in [0.1, 0.15) is 0 Å². The second kappa shape index (κ2) is 2.55. The highest BCUT2D eigenvalue weighted by atomic mass is 16.7. The highest BCUT2D eigenvalue weighted by Gasteiger charge is 2.29. The minimum Gasteiger partial charge on any atom is -0.451 e. The first-order chi connectivity index (χ1) is 5.77. The molecule has 1 fully saturated rings. The van der Waals surface area contributed by atoms with Crippen LogP contribution in [0.2, 0.25) is 0 Å². The molecule has 0 radical (unpaired) electrons. The summed E-state index contributed by atoms with van der Waals surface area (Å²) >= 11 is 0. The third-order valence-corrected chi connectivity index (χ3v) is 1.92. The van der Waals surface area contributed by atoms with Gasteiger partial charge in [-0.25, -0.2) is 0 Å². The van der Waals surface area contributed by atoms with Gasteiger partial charge < -0.3 is 9.47 Å². The van der Waals surface area contributed by atoms with Crippen molar-refractivity contribution in [3.8, 4) is 0 Å². The van der Waals surface area contributed by atoms with E-state index in [-0.39, 0.29) is 12.2 Å². The third-order valence-electron chi connectivity index (χ3n) is 1.92. The van der Waals surface area contributed by atoms with Crippen LogP contribution in [-0.4, -0.2) is 6.29 Å².